The van der Waals surface area contributed by atoms with Gasteiger partial charge in [-0.2, -0.15) is 0 Å². The molecule has 0 radical (unpaired) electrons. The lowest BCUT2D eigenvalue weighted by molar-refractivity contribution is 0.0673. The first kappa shape index (κ1) is 16.1. The van der Waals surface area contributed by atoms with Crippen molar-refractivity contribution in [3.63, 3.8) is 0 Å². The molecule has 0 unspecified atom stereocenters. The molecule has 1 aromatic rings. The van der Waals surface area contributed by atoms with Crippen LogP contribution in [-0.4, -0.2) is 50.2 Å². The molecule has 5 nitrogen and oxygen atoms in total. The number of amides is 1. The van der Waals surface area contributed by atoms with Gasteiger partial charge in [0.2, 0.25) is 0 Å². The molecule has 21 heavy (non-hydrogen) atoms. The Balaban J connectivity index is 2.30. The standard InChI is InChI=1S/C15H21BrN2O3/c1-9-7-18(8-10(2)17-9)15(19)11-5-12(20-3)14(16)13(6-11)21-4/h5-6,9-10,17H,7-8H2,1-4H3/t9-,10-/m1/s1. The maximum Gasteiger partial charge on any atom is 0.254 e. The van der Waals surface area contributed by atoms with E-state index in [9.17, 15) is 4.79 Å². The third-order valence-corrected chi connectivity index (χ3v) is 4.32. The van der Waals surface area contributed by atoms with Crippen LogP contribution >= 0.6 is 15.9 Å². The van der Waals surface area contributed by atoms with Gasteiger partial charge in [0.15, 0.2) is 0 Å². The number of methoxy groups -OCH3 is 2. The van der Waals surface area contributed by atoms with Gasteiger partial charge < -0.3 is 19.7 Å². The van der Waals surface area contributed by atoms with E-state index < -0.39 is 0 Å². The fraction of sp³-hybridized carbons (Fsp3) is 0.533. The molecular weight excluding hydrogens is 336 g/mol. The molecule has 0 spiro atoms. The van der Waals surface area contributed by atoms with Gasteiger partial charge in [0, 0.05) is 30.7 Å². The zero-order valence-corrected chi connectivity index (χ0v) is 14.4. The molecule has 2 rings (SSSR count). The van der Waals surface area contributed by atoms with E-state index in [1.54, 1.807) is 26.4 Å². The summed E-state index contributed by atoms with van der Waals surface area (Å²) in [5.41, 5.74) is 0.577. The van der Waals surface area contributed by atoms with Crippen LogP contribution in [-0.2, 0) is 0 Å². The summed E-state index contributed by atoms with van der Waals surface area (Å²) in [6.07, 6.45) is 0. The largest absolute Gasteiger partial charge is 0.495 e. The number of carbonyl (C=O) groups excluding carboxylic acids is 1. The van der Waals surface area contributed by atoms with E-state index in [2.05, 4.69) is 35.1 Å². The summed E-state index contributed by atoms with van der Waals surface area (Å²) in [6, 6.07) is 4.06. The Kier molecular flexibility index (Phi) is 5.11. The van der Waals surface area contributed by atoms with Crippen molar-refractivity contribution in [2.75, 3.05) is 27.3 Å². The minimum absolute atomic E-state index is 0.000648. The predicted octanol–water partition coefficient (Wildman–Crippen LogP) is 2.29. The van der Waals surface area contributed by atoms with E-state index in [-0.39, 0.29) is 18.0 Å². The number of benzene rings is 1. The van der Waals surface area contributed by atoms with E-state index in [0.717, 1.165) is 0 Å². The van der Waals surface area contributed by atoms with Crippen molar-refractivity contribution in [1.29, 1.82) is 0 Å². The fourth-order valence-electron chi connectivity index (χ4n) is 2.67. The van der Waals surface area contributed by atoms with Crippen molar-refractivity contribution in [3.05, 3.63) is 22.2 Å². The number of carbonyl (C=O) groups is 1. The van der Waals surface area contributed by atoms with Gasteiger partial charge in [0.25, 0.3) is 5.91 Å². The average Bonchev–Trinajstić information content (AvgIpc) is 2.45. The fourth-order valence-corrected chi connectivity index (χ4v) is 3.22. The van der Waals surface area contributed by atoms with Gasteiger partial charge in [-0.3, -0.25) is 4.79 Å². The maximum atomic E-state index is 12.7. The van der Waals surface area contributed by atoms with E-state index in [1.165, 1.54) is 0 Å². The Morgan fingerprint density at radius 2 is 1.67 bits per heavy atom. The monoisotopic (exact) mass is 356 g/mol. The van der Waals surface area contributed by atoms with Crippen molar-refractivity contribution in [2.45, 2.75) is 25.9 Å². The molecule has 1 saturated heterocycles. The van der Waals surface area contributed by atoms with Crippen LogP contribution in [0.4, 0.5) is 0 Å². The van der Waals surface area contributed by atoms with Gasteiger partial charge in [-0.15, -0.1) is 0 Å². The summed E-state index contributed by atoms with van der Waals surface area (Å²) >= 11 is 3.42. The molecule has 2 atom stereocenters. The second kappa shape index (κ2) is 6.66. The molecular formula is C15H21BrN2O3. The molecule has 1 aromatic carbocycles. The van der Waals surface area contributed by atoms with Gasteiger partial charge >= 0.3 is 0 Å². The lowest BCUT2D eigenvalue weighted by atomic mass is 10.1. The number of nitrogens with one attached hydrogen (secondary N) is 1. The smallest absolute Gasteiger partial charge is 0.254 e. The van der Waals surface area contributed by atoms with Gasteiger partial charge in [-0.05, 0) is 41.9 Å². The quantitative estimate of drug-likeness (QED) is 0.902. The third kappa shape index (κ3) is 3.49. The SMILES string of the molecule is COc1cc(C(=O)N2C[C@@H](C)N[C@H](C)C2)cc(OC)c1Br. The minimum atomic E-state index is -0.000648. The summed E-state index contributed by atoms with van der Waals surface area (Å²) in [4.78, 5) is 14.6. The second-order valence-electron chi connectivity index (χ2n) is 5.37. The molecule has 0 bridgehead atoms. The van der Waals surface area contributed by atoms with Crippen molar-refractivity contribution < 1.29 is 14.3 Å². The normalized spacial score (nSPS) is 22.0. The molecule has 0 saturated carbocycles. The number of ether oxygens (including phenoxy) is 2. The lowest BCUT2D eigenvalue weighted by Gasteiger charge is -2.36. The second-order valence-corrected chi connectivity index (χ2v) is 6.17. The molecule has 1 heterocycles. The third-order valence-electron chi connectivity index (χ3n) is 3.54. The summed E-state index contributed by atoms with van der Waals surface area (Å²) in [7, 11) is 3.14. The van der Waals surface area contributed by atoms with E-state index >= 15 is 0 Å². The van der Waals surface area contributed by atoms with Crippen LogP contribution in [0.25, 0.3) is 0 Å². The first-order valence-corrected chi connectivity index (χ1v) is 7.72. The number of hydrogen-bond donors (Lipinski definition) is 1. The summed E-state index contributed by atoms with van der Waals surface area (Å²) in [6.45, 7) is 5.56. The van der Waals surface area contributed by atoms with Crippen LogP contribution in [0.2, 0.25) is 0 Å². The molecule has 1 aliphatic heterocycles. The van der Waals surface area contributed by atoms with E-state index in [1.807, 2.05) is 4.90 Å². The van der Waals surface area contributed by atoms with Crippen LogP contribution < -0.4 is 14.8 Å². The Bertz CT molecular complexity index is 501. The Labute approximate surface area is 133 Å². The molecule has 116 valence electrons. The molecule has 0 aromatic heterocycles. The molecule has 1 N–H and O–H groups in total. The van der Waals surface area contributed by atoms with Gasteiger partial charge in [-0.1, -0.05) is 0 Å². The average molecular weight is 357 g/mol. The van der Waals surface area contributed by atoms with Gasteiger partial charge in [0.05, 0.1) is 14.2 Å². The highest BCUT2D eigenvalue weighted by atomic mass is 79.9. The number of hydrogen-bond acceptors (Lipinski definition) is 4. The highest BCUT2D eigenvalue weighted by Crippen LogP contribution is 2.36. The topological polar surface area (TPSA) is 50.8 Å². The van der Waals surface area contributed by atoms with Crippen LogP contribution in [0, 0.1) is 0 Å². The highest BCUT2D eigenvalue weighted by Gasteiger charge is 2.26. The van der Waals surface area contributed by atoms with Gasteiger partial charge in [-0.25, -0.2) is 0 Å². The summed E-state index contributed by atoms with van der Waals surface area (Å²) < 4.78 is 11.3. The van der Waals surface area contributed by atoms with Crippen LogP contribution in [0.15, 0.2) is 16.6 Å². The zero-order valence-electron chi connectivity index (χ0n) is 12.8. The summed E-state index contributed by atoms with van der Waals surface area (Å²) in [5, 5.41) is 3.42. The summed E-state index contributed by atoms with van der Waals surface area (Å²) in [5.74, 6) is 1.18. The van der Waals surface area contributed by atoms with Crippen LogP contribution in [0.5, 0.6) is 11.5 Å². The number of rotatable bonds is 3. The maximum absolute atomic E-state index is 12.7. The molecule has 1 amide bonds. The van der Waals surface area contributed by atoms with Crippen molar-refractivity contribution in [1.82, 2.24) is 10.2 Å². The van der Waals surface area contributed by atoms with E-state index in [4.69, 9.17) is 9.47 Å². The highest BCUT2D eigenvalue weighted by molar-refractivity contribution is 9.10. The Morgan fingerprint density at radius 1 is 1.19 bits per heavy atom. The van der Waals surface area contributed by atoms with Gasteiger partial charge in [0.1, 0.15) is 16.0 Å². The predicted molar refractivity (Wildman–Crippen MR) is 85.2 cm³/mol. The van der Waals surface area contributed by atoms with E-state index in [0.29, 0.717) is 34.6 Å². The Morgan fingerprint density at radius 3 is 2.10 bits per heavy atom. The van der Waals surface area contributed by atoms with Crippen molar-refractivity contribution >= 4 is 21.8 Å². The first-order valence-electron chi connectivity index (χ1n) is 6.93. The van der Waals surface area contributed by atoms with Crippen molar-refractivity contribution in [3.8, 4) is 11.5 Å². The van der Waals surface area contributed by atoms with Crippen LogP contribution in [0.3, 0.4) is 0 Å². The lowest BCUT2D eigenvalue weighted by Crippen LogP contribution is -2.55. The zero-order chi connectivity index (χ0) is 15.6. The van der Waals surface area contributed by atoms with Crippen molar-refractivity contribution in [2.24, 2.45) is 0 Å². The first-order chi connectivity index (χ1) is 9.96. The minimum Gasteiger partial charge on any atom is -0.495 e. The van der Waals surface area contributed by atoms with Crippen LogP contribution in [0.1, 0.15) is 24.2 Å². The number of piperazine rings is 1. The Hall–Kier alpha value is -1.27. The molecule has 0 aliphatic carbocycles. The molecule has 1 aliphatic rings. The number of halogens is 1. The number of nitrogens with zero attached hydrogens (tertiary/aromatic N) is 1. The molecule has 1 fully saturated rings. The molecule has 6 heteroatoms.